The summed E-state index contributed by atoms with van der Waals surface area (Å²) in [5.74, 6) is -1.25. The van der Waals surface area contributed by atoms with Crippen LogP contribution in [0, 0.1) is 17.1 Å². The van der Waals surface area contributed by atoms with E-state index in [1.807, 2.05) is 54.6 Å². The highest BCUT2D eigenvalue weighted by Crippen LogP contribution is 2.33. The Kier molecular flexibility index (Phi) is 6.05. The summed E-state index contributed by atoms with van der Waals surface area (Å²) >= 11 is 1.26. The summed E-state index contributed by atoms with van der Waals surface area (Å²) in [6.45, 7) is -0.188. The molecule has 0 fully saturated rings. The number of H-pyrrole nitrogens is 1. The van der Waals surface area contributed by atoms with E-state index in [1.54, 1.807) is 18.3 Å². The largest absolute Gasteiger partial charge is 0.339 e. The number of amides is 1. The monoisotopic (exact) mass is 429 g/mol. The van der Waals surface area contributed by atoms with Crippen molar-refractivity contribution < 1.29 is 9.18 Å². The van der Waals surface area contributed by atoms with Gasteiger partial charge in [0, 0.05) is 21.4 Å². The zero-order valence-electron chi connectivity index (χ0n) is 16.2. The second-order valence-electron chi connectivity index (χ2n) is 6.46. The molecule has 152 valence electrons. The van der Waals surface area contributed by atoms with Gasteiger partial charge in [-0.3, -0.25) is 14.9 Å². The minimum atomic E-state index is -0.634. The molecule has 0 unspecified atom stereocenters. The minimum Gasteiger partial charge on any atom is -0.339 e. The third-order valence-electron chi connectivity index (χ3n) is 4.42. The van der Waals surface area contributed by atoms with Crippen LogP contribution in [-0.4, -0.2) is 27.6 Å². The van der Waals surface area contributed by atoms with E-state index in [-0.39, 0.29) is 12.1 Å². The van der Waals surface area contributed by atoms with Gasteiger partial charge < -0.3 is 5.32 Å². The van der Waals surface area contributed by atoms with Crippen LogP contribution < -0.4 is 5.32 Å². The molecule has 0 aliphatic rings. The van der Waals surface area contributed by atoms with Gasteiger partial charge in [-0.05, 0) is 54.6 Å². The number of benzene rings is 2. The van der Waals surface area contributed by atoms with E-state index in [0.717, 1.165) is 27.2 Å². The van der Waals surface area contributed by atoms with Crippen LogP contribution >= 0.6 is 11.8 Å². The third-order valence-corrected chi connectivity index (χ3v) is 5.47. The zero-order valence-corrected chi connectivity index (χ0v) is 17.0. The maximum Gasteiger partial charge on any atom is 0.256 e. The number of fused-ring (bicyclic) bond motifs is 1. The molecule has 0 saturated carbocycles. The molecule has 2 heterocycles. The van der Waals surface area contributed by atoms with Crippen LogP contribution in [0.25, 0.3) is 23.1 Å². The SMILES string of the molecule is N#CCNC(=O)c1c(F)cccc1Sc1ccc2c(C=Cc3ccccn3)n[nH]c2c1. The highest BCUT2D eigenvalue weighted by atomic mass is 32.2. The fourth-order valence-electron chi connectivity index (χ4n) is 2.99. The van der Waals surface area contributed by atoms with E-state index in [4.69, 9.17) is 5.26 Å². The van der Waals surface area contributed by atoms with Gasteiger partial charge in [0.2, 0.25) is 0 Å². The summed E-state index contributed by atoms with van der Waals surface area (Å²) in [4.78, 5) is 17.8. The average molecular weight is 429 g/mol. The molecule has 0 spiro atoms. The first kappa shape index (κ1) is 20.3. The van der Waals surface area contributed by atoms with Crippen LogP contribution in [0.4, 0.5) is 4.39 Å². The summed E-state index contributed by atoms with van der Waals surface area (Å²) < 4.78 is 14.3. The zero-order chi connectivity index (χ0) is 21.6. The number of aromatic nitrogens is 3. The van der Waals surface area contributed by atoms with Crippen molar-refractivity contribution in [3.63, 3.8) is 0 Å². The van der Waals surface area contributed by atoms with Crippen LogP contribution in [0.5, 0.6) is 0 Å². The van der Waals surface area contributed by atoms with Gasteiger partial charge in [-0.15, -0.1) is 0 Å². The van der Waals surface area contributed by atoms with E-state index in [0.29, 0.717) is 4.90 Å². The molecule has 6 nitrogen and oxygen atoms in total. The van der Waals surface area contributed by atoms with E-state index >= 15 is 0 Å². The molecule has 0 aliphatic heterocycles. The lowest BCUT2D eigenvalue weighted by Gasteiger charge is -2.09. The average Bonchev–Trinajstić information content (AvgIpc) is 3.19. The standard InChI is InChI=1S/C23H16FN5OS/c24-18-5-3-6-21(22(18)23(30)27-13-11-25)31-16-8-9-17-19(28-29-20(17)14-16)10-7-15-4-1-2-12-26-15/h1-10,12,14H,13H2,(H,27,30)(H,28,29). The number of nitriles is 1. The smallest absolute Gasteiger partial charge is 0.256 e. The van der Waals surface area contributed by atoms with Crippen LogP contribution in [-0.2, 0) is 0 Å². The van der Waals surface area contributed by atoms with Crippen LogP contribution in [0.1, 0.15) is 21.7 Å². The van der Waals surface area contributed by atoms with Gasteiger partial charge in [-0.2, -0.15) is 10.4 Å². The summed E-state index contributed by atoms with van der Waals surface area (Å²) in [7, 11) is 0. The number of carbonyl (C=O) groups is 1. The number of halogens is 1. The minimum absolute atomic E-state index is 0.0774. The van der Waals surface area contributed by atoms with Gasteiger partial charge in [0.05, 0.1) is 28.5 Å². The molecule has 31 heavy (non-hydrogen) atoms. The fourth-order valence-corrected chi connectivity index (χ4v) is 4.00. The number of aromatic amines is 1. The number of rotatable bonds is 6. The van der Waals surface area contributed by atoms with Crippen molar-refractivity contribution >= 4 is 40.7 Å². The van der Waals surface area contributed by atoms with Crippen molar-refractivity contribution in [2.45, 2.75) is 9.79 Å². The van der Waals surface area contributed by atoms with Gasteiger partial charge >= 0.3 is 0 Å². The Morgan fingerprint density at radius 1 is 1.19 bits per heavy atom. The number of nitrogens with zero attached hydrogens (tertiary/aromatic N) is 3. The third kappa shape index (κ3) is 4.63. The number of carbonyl (C=O) groups excluding carboxylic acids is 1. The fraction of sp³-hybridized carbons (Fsp3) is 0.0435. The molecule has 0 aliphatic carbocycles. The van der Waals surface area contributed by atoms with Gasteiger partial charge in [0.25, 0.3) is 5.91 Å². The van der Waals surface area contributed by atoms with Crippen molar-refractivity contribution in [3.05, 3.63) is 83.6 Å². The number of hydrogen-bond acceptors (Lipinski definition) is 5. The van der Waals surface area contributed by atoms with Gasteiger partial charge in [-0.25, -0.2) is 4.39 Å². The Hall–Kier alpha value is -3.96. The lowest BCUT2D eigenvalue weighted by Crippen LogP contribution is -2.25. The molecule has 4 aromatic rings. The van der Waals surface area contributed by atoms with E-state index in [2.05, 4.69) is 20.5 Å². The predicted molar refractivity (Wildman–Crippen MR) is 118 cm³/mol. The molecule has 2 aromatic heterocycles. The van der Waals surface area contributed by atoms with Gasteiger partial charge in [-0.1, -0.05) is 23.9 Å². The van der Waals surface area contributed by atoms with Crippen molar-refractivity contribution in [2.75, 3.05) is 6.54 Å². The molecule has 2 N–H and O–H groups in total. The Balaban J connectivity index is 1.60. The Bertz CT molecular complexity index is 1310. The molecule has 4 rings (SSSR count). The maximum atomic E-state index is 14.3. The summed E-state index contributed by atoms with van der Waals surface area (Å²) in [6, 6.07) is 17.7. The topological polar surface area (TPSA) is 94.5 Å². The Morgan fingerprint density at radius 2 is 2.10 bits per heavy atom. The van der Waals surface area contributed by atoms with Crippen molar-refractivity contribution in [3.8, 4) is 6.07 Å². The molecule has 0 atom stereocenters. The van der Waals surface area contributed by atoms with E-state index < -0.39 is 11.7 Å². The molecule has 2 aromatic carbocycles. The molecular formula is C23H16FN5OS. The predicted octanol–water partition coefficient (Wildman–Crippen LogP) is 4.67. The molecule has 0 bridgehead atoms. The lowest BCUT2D eigenvalue weighted by atomic mass is 10.2. The van der Waals surface area contributed by atoms with Crippen LogP contribution in [0.15, 0.2) is 70.6 Å². The number of pyridine rings is 1. The van der Waals surface area contributed by atoms with Crippen molar-refractivity contribution in [1.29, 1.82) is 5.26 Å². The van der Waals surface area contributed by atoms with Gasteiger partial charge in [0.1, 0.15) is 12.4 Å². The maximum absolute atomic E-state index is 14.3. The quantitative estimate of drug-likeness (QED) is 0.434. The van der Waals surface area contributed by atoms with Crippen molar-refractivity contribution in [1.82, 2.24) is 20.5 Å². The normalized spacial score (nSPS) is 11.0. The van der Waals surface area contributed by atoms with Crippen LogP contribution in [0.3, 0.4) is 0 Å². The highest BCUT2D eigenvalue weighted by molar-refractivity contribution is 7.99. The lowest BCUT2D eigenvalue weighted by molar-refractivity contribution is 0.0951. The first-order valence-corrected chi connectivity index (χ1v) is 10.2. The summed E-state index contributed by atoms with van der Waals surface area (Å²) in [6.07, 6.45) is 5.50. The molecule has 8 heteroatoms. The van der Waals surface area contributed by atoms with Gasteiger partial charge in [0.15, 0.2) is 0 Å². The second-order valence-corrected chi connectivity index (χ2v) is 7.58. The first-order chi connectivity index (χ1) is 15.2. The molecule has 1 amide bonds. The van der Waals surface area contributed by atoms with E-state index in [1.165, 1.54) is 17.8 Å². The Morgan fingerprint density at radius 3 is 2.90 bits per heavy atom. The van der Waals surface area contributed by atoms with Crippen LogP contribution in [0.2, 0.25) is 0 Å². The molecular weight excluding hydrogens is 413 g/mol. The summed E-state index contributed by atoms with van der Waals surface area (Å²) in [5.41, 5.74) is 2.35. The highest BCUT2D eigenvalue weighted by Gasteiger charge is 2.17. The second kappa shape index (κ2) is 9.24. The number of nitrogens with one attached hydrogen (secondary N) is 2. The molecule has 0 saturated heterocycles. The number of hydrogen-bond donors (Lipinski definition) is 2. The Labute approximate surface area is 181 Å². The summed E-state index contributed by atoms with van der Waals surface area (Å²) in [5, 5.41) is 19.3. The first-order valence-electron chi connectivity index (χ1n) is 9.34. The van der Waals surface area contributed by atoms with E-state index in [9.17, 15) is 9.18 Å². The molecule has 0 radical (unpaired) electrons. The van der Waals surface area contributed by atoms with Crippen molar-refractivity contribution in [2.24, 2.45) is 0 Å².